The van der Waals surface area contributed by atoms with E-state index in [-0.39, 0.29) is 10.8 Å². The summed E-state index contributed by atoms with van der Waals surface area (Å²) in [5.41, 5.74) is 0. The Morgan fingerprint density at radius 3 is 2.47 bits per heavy atom. The largest absolute Gasteiger partial charge is 0.465 e. The van der Waals surface area contributed by atoms with Crippen molar-refractivity contribution in [3.05, 3.63) is 17.6 Å². The van der Waals surface area contributed by atoms with E-state index in [4.69, 9.17) is 4.42 Å². The van der Waals surface area contributed by atoms with Crippen molar-refractivity contribution in [3.8, 4) is 0 Å². The summed E-state index contributed by atoms with van der Waals surface area (Å²) in [4.78, 5) is 0.228. The fourth-order valence-corrected chi connectivity index (χ4v) is 3.03. The molecule has 0 amide bonds. The van der Waals surface area contributed by atoms with Gasteiger partial charge >= 0.3 is 0 Å². The summed E-state index contributed by atoms with van der Waals surface area (Å²) < 4.78 is 31.8. The van der Waals surface area contributed by atoms with Gasteiger partial charge in [0.2, 0.25) is 10.0 Å². The molecular formula is C11H20N2O3S. The van der Waals surface area contributed by atoms with Crippen LogP contribution in [0.25, 0.3) is 0 Å². The van der Waals surface area contributed by atoms with Gasteiger partial charge in [-0.05, 0) is 39.4 Å². The highest BCUT2D eigenvalue weighted by molar-refractivity contribution is 7.89. The van der Waals surface area contributed by atoms with Crippen LogP contribution in [0, 0.1) is 19.8 Å². The Balaban J connectivity index is 2.73. The molecule has 0 saturated carbocycles. The van der Waals surface area contributed by atoms with Gasteiger partial charge in [-0.25, -0.2) is 13.1 Å². The number of rotatable bonds is 6. The zero-order valence-electron chi connectivity index (χ0n) is 10.7. The molecule has 0 aliphatic heterocycles. The number of aryl methyl sites for hydroxylation is 2. The lowest BCUT2D eigenvalue weighted by Gasteiger charge is -2.11. The number of hydrogen-bond donors (Lipinski definition) is 2. The highest BCUT2D eigenvalue weighted by Crippen LogP contribution is 2.19. The number of nitrogens with one attached hydrogen (secondary N) is 2. The molecule has 17 heavy (non-hydrogen) atoms. The molecule has 0 saturated heterocycles. The molecule has 0 spiro atoms. The van der Waals surface area contributed by atoms with Crippen LogP contribution in [-0.2, 0) is 10.0 Å². The Labute approximate surface area is 103 Å². The zero-order chi connectivity index (χ0) is 13.1. The van der Waals surface area contributed by atoms with Gasteiger partial charge in [-0.15, -0.1) is 0 Å². The first-order valence-corrected chi connectivity index (χ1v) is 7.06. The smallest absolute Gasteiger partial charge is 0.244 e. The van der Waals surface area contributed by atoms with Gasteiger partial charge in [0.05, 0.1) is 0 Å². The van der Waals surface area contributed by atoms with Gasteiger partial charge in [-0.3, -0.25) is 0 Å². The highest BCUT2D eigenvalue weighted by atomic mass is 32.2. The zero-order valence-corrected chi connectivity index (χ0v) is 11.5. The van der Waals surface area contributed by atoms with E-state index in [1.165, 1.54) is 0 Å². The summed E-state index contributed by atoms with van der Waals surface area (Å²) in [5, 5.41) is 3.01. The first kappa shape index (κ1) is 14.2. The fraction of sp³-hybridized carbons (Fsp3) is 0.636. The Bertz CT molecular complexity index is 465. The molecule has 0 bridgehead atoms. The van der Waals surface area contributed by atoms with Gasteiger partial charge in [-0.2, -0.15) is 0 Å². The molecule has 5 nitrogen and oxygen atoms in total. The minimum Gasteiger partial charge on any atom is -0.465 e. The molecule has 1 aromatic heterocycles. The molecule has 6 heteroatoms. The second-order valence-corrected chi connectivity index (χ2v) is 6.03. The summed E-state index contributed by atoms with van der Waals surface area (Å²) in [6, 6.07) is 1.54. The van der Waals surface area contributed by atoms with Crippen LogP contribution in [0.3, 0.4) is 0 Å². The van der Waals surface area contributed by atoms with Crippen molar-refractivity contribution in [2.45, 2.75) is 25.7 Å². The van der Waals surface area contributed by atoms with Gasteiger partial charge in [0.25, 0.3) is 0 Å². The summed E-state index contributed by atoms with van der Waals surface area (Å²) in [5.74, 6) is 1.27. The molecule has 1 rings (SSSR count). The van der Waals surface area contributed by atoms with Crippen molar-refractivity contribution in [2.75, 3.05) is 20.1 Å². The van der Waals surface area contributed by atoms with E-state index < -0.39 is 10.0 Å². The van der Waals surface area contributed by atoms with Crippen LogP contribution in [0.4, 0.5) is 0 Å². The van der Waals surface area contributed by atoms with Gasteiger partial charge in [0.15, 0.2) is 0 Å². The third-order valence-electron chi connectivity index (χ3n) is 2.46. The monoisotopic (exact) mass is 260 g/mol. The molecule has 2 N–H and O–H groups in total. The third kappa shape index (κ3) is 3.83. The molecule has 1 unspecified atom stereocenters. The van der Waals surface area contributed by atoms with Crippen molar-refractivity contribution < 1.29 is 12.8 Å². The van der Waals surface area contributed by atoms with E-state index in [0.717, 1.165) is 6.54 Å². The van der Waals surface area contributed by atoms with Crippen molar-refractivity contribution in [1.29, 1.82) is 0 Å². The molecule has 1 heterocycles. The third-order valence-corrected chi connectivity index (χ3v) is 3.99. The normalized spacial score (nSPS) is 13.9. The number of hydrogen-bond acceptors (Lipinski definition) is 4. The summed E-state index contributed by atoms with van der Waals surface area (Å²) >= 11 is 0. The molecule has 0 fully saturated rings. The van der Waals surface area contributed by atoms with Gasteiger partial charge < -0.3 is 9.73 Å². The second-order valence-electron chi connectivity index (χ2n) is 4.29. The van der Waals surface area contributed by atoms with E-state index in [9.17, 15) is 8.42 Å². The van der Waals surface area contributed by atoms with Crippen molar-refractivity contribution >= 4 is 10.0 Å². The van der Waals surface area contributed by atoms with Crippen molar-refractivity contribution in [1.82, 2.24) is 10.0 Å². The van der Waals surface area contributed by atoms with Crippen LogP contribution in [0.1, 0.15) is 18.4 Å². The predicted molar refractivity (Wildman–Crippen MR) is 66.5 cm³/mol. The van der Waals surface area contributed by atoms with Gasteiger partial charge in [0, 0.05) is 6.54 Å². The number of furan rings is 1. The minimum absolute atomic E-state index is 0.228. The lowest BCUT2D eigenvalue weighted by atomic mass is 10.2. The van der Waals surface area contributed by atoms with Crippen LogP contribution in [-0.4, -0.2) is 28.6 Å². The van der Waals surface area contributed by atoms with Crippen LogP contribution >= 0.6 is 0 Å². The lowest BCUT2D eigenvalue weighted by Crippen LogP contribution is -2.32. The van der Waals surface area contributed by atoms with Gasteiger partial charge in [0.1, 0.15) is 16.4 Å². The lowest BCUT2D eigenvalue weighted by molar-refractivity contribution is 0.493. The molecule has 0 aliphatic rings. The Morgan fingerprint density at radius 2 is 2.00 bits per heavy atom. The molecular weight excluding hydrogens is 240 g/mol. The van der Waals surface area contributed by atoms with Crippen LogP contribution in [0.2, 0.25) is 0 Å². The molecule has 0 aromatic carbocycles. The van der Waals surface area contributed by atoms with Crippen LogP contribution in [0.15, 0.2) is 15.4 Å². The van der Waals surface area contributed by atoms with Crippen molar-refractivity contribution in [2.24, 2.45) is 5.92 Å². The molecule has 0 aliphatic carbocycles. The SMILES string of the molecule is CNCC(C)CNS(=O)(=O)c1cc(C)oc1C. The quantitative estimate of drug-likeness (QED) is 0.801. The Hall–Kier alpha value is -0.850. The van der Waals surface area contributed by atoms with E-state index >= 15 is 0 Å². The fourth-order valence-electron chi connectivity index (χ4n) is 1.62. The van der Waals surface area contributed by atoms with Crippen molar-refractivity contribution in [3.63, 3.8) is 0 Å². The van der Waals surface area contributed by atoms with Gasteiger partial charge in [-0.1, -0.05) is 6.92 Å². The van der Waals surface area contributed by atoms with Crippen LogP contribution < -0.4 is 10.0 Å². The maximum atomic E-state index is 12.0. The maximum absolute atomic E-state index is 12.0. The maximum Gasteiger partial charge on any atom is 0.244 e. The first-order valence-electron chi connectivity index (χ1n) is 5.58. The summed E-state index contributed by atoms with van der Waals surface area (Å²) in [7, 11) is -1.61. The number of sulfonamides is 1. The Morgan fingerprint density at radius 1 is 1.35 bits per heavy atom. The van der Waals surface area contributed by atoms with E-state index in [1.807, 2.05) is 14.0 Å². The van der Waals surface area contributed by atoms with E-state index in [0.29, 0.717) is 18.1 Å². The average Bonchev–Trinajstić information content (AvgIpc) is 2.56. The van der Waals surface area contributed by atoms with E-state index in [2.05, 4.69) is 10.0 Å². The minimum atomic E-state index is -3.46. The van der Waals surface area contributed by atoms with Crippen LogP contribution in [0.5, 0.6) is 0 Å². The summed E-state index contributed by atoms with van der Waals surface area (Å²) in [6.45, 7) is 6.54. The van der Waals surface area contributed by atoms with E-state index in [1.54, 1.807) is 19.9 Å². The highest BCUT2D eigenvalue weighted by Gasteiger charge is 2.20. The topological polar surface area (TPSA) is 71.3 Å². The summed E-state index contributed by atoms with van der Waals surface area (Å²) in [6.07, 6.45) is 0. The average molecular weight is 260 g/mol. The Kier molecular flexibility index (Phi) is 4.73. The molecule has 1 atom stereocenters. The molecule has 0 radical (unpaired) electrons. The molecule has 98 valence electrons. The first-order chi connectivity index (χ1) is 7.86. The molecule has 1 aromatic rings. The standard InChI is InChI=1S/C11H20N2O3S/c1-8(6-12-4)7-13-17(14,15)11-5-9(2)16-10(11)3/h5,8,12-13H,6-7H2,1-4H3. The second kappa shape index (κ2) is 5.66. The predicted octanol–water partition coefficient (Wildman–Crippen LogP) is 1.03.